The first-order valence-electron chi connectivity index (χ1n) is 8.85. The van der Waals surface area contributed by atoms with Crippen LogP contribution in [0.3, 0.4) is 0 Å². The third kappa shape index (κ3) is 4.27. The quantitative estimate of drug-likeness (QED) is 0.393. The summed E-state index contributed by atoms with van der Waals surface area (Å²) in [4.78, 5) is 12.1. The molecule has 0 atom stereocenters. The molecule has 0 saturated carbocycles. The van der Waals surface area contributed by atoms with Crippen LogP contribution in [0.2, 0.25) is 0 Å². The van der Waals surface area contributed by atoms with Crippen molar-refractivity contribution in [3.63, 3.8) is 0 Å². The van der Waals surface area contributed by atoms with Gasteiger partial charge in [-0.1, -0.05) is 42.5 Å². The van der Waals surface area contributed by atoms with Gasteiger partial charge < -0.3 is 9.15 Å². The summed E-state index contributed by atoms with van der Waals surface area (Å²) in [6, 6.07) is 24.9. The van der Waals surface area contributed by atoms with Gasteiger partial charge in [0.05, 0.1) is 12.5 Å². The van der Waals surface area contributed by atoms with Gasteiger partial charge in [0.2, 0.25) is 0 Å². The second-order valence-electron chi connectivity index (χ2n) is 6.21. The Hall–Kier alpha value is -3.86. The highest BCUT2D eigenvalue weighted by Gasteiger charge is 2.05. The van der Waals surface area contributed by atoms with Gasteiger partial charge in [0, 0.05) is 5.56 Å². The Balaban J connectivity index is 1.34. The van der Waals surface area contributed by atoms with E-state index in [9.17, 15) is 4.79 Å². The fourth-order valence-corrected chi connectivity index (χ4v) is 2.76. The van der Waals surface area contributed by atoms with Gasteiger partial charge in [0.25, 0.3) is 5.91 Å². The van der Waals surface area contributed by atoms with E-state index >= 15 is 0 Å². The molecule has 0 fully saturated rings. The summed E-state index contributed by atoms with van der Waals surface area (Å²) in [5.74, 6) is 1.10. The first-order chi connectivity index (χ1) is 13.8. The number of benzene rings is 3. The number of hydrogen-bond donors (Lipinski definition) is 1. The number of nitrogens with zero attached hydrogens (tertiary/aromatic N) is 1. The third-order valence-corrected chi connectivity index (χ3v) is 4.24. The summed E-state index contributed by atoms with van der Waals surface area (Å²) < 4.78 is 11.0. The number of hydrogen-bond acceptors (Lipinski definition) is 4. The average Bonchev–Trinajstić information content (AvgIpc) is 3.26. The van der Waals surface area contributed by atoms with Gasteiger partial charge >= 0.3 is 0 Å². The van der Waals surface area contributed by atoms with Crippen LogP contribution in [-0.4, -0.2) is 12.1 Å². The predicted octanol–water partition coefficient (Wildman–Crippen LogP) is 4.78. The molecule has 0 radical (unpaired) electrons. The predicted molar refractivity (Wildman–Crippen MR) is 108 cm³/mol. The molecule has 1 aromatic heterocycles. The molecule has 1 amide bonds. The van der Waals surface area contributed by atoms with Gasteiger partial charge in [-0.2, -0.15) is 5.10 Å². The summed E-state index contributed by atoms with van der Waals surface area (Å²) in [5.41, 5.74) is 3.97. The van der Waals surface area contributed by atoms with Crippen LogP contribution >= 0.6 is 0 Å². The highest BCUT2D eigenvalue weighted by Crippen LogP contribution is 2.21. The van der Waals surface area contributed by atoms with Crippen LogP contribution in [0.4, 0.5) is 0 Å². The number of nitrogens with one attached hydrogen (secondary N) is 1. The van der Waals surface area contributed by atoms with E-state index in [-0.39, 0.29) is 5.91 Å². The third-order valence-electron chi connectivity index (χ3n) is 4.24. The van der Waals surface area contributed by atoms with Crippen molar-refractivity contribution in [1.29, 1.82) is 0 Å². The molecule has 1 N–H and O–H groups in total. The molecular weight excluding hydrogens is 352 g/mol. The van der Waals surface area contributed by atoms with E-state index < -0.39 is 0 Å². The Morgan fingerprint density at radius 2 is 1.79 bits per heavy atom. The van der Waals surface area contributed by atoms with E-state index in [1.54, 1.807) is 30.5 Å². The topological polar surface area (TPSA) is 63.8 Å². The van der Waals surface area contributed by atoms with Gasteiger partial charge in [-0.3, -0.25) is 4.79 Å². The molecule has 3 aromatic carbocycles. The van der Waals surface area contributed by atoms with E-state index in [0.29, 0.717) is 17.9 Å². The molecule has 0 saturated heterocycles. The molecule has 0 aliphatic heterocycles. The molecule has 28 heavy (non-hydrogen) atoms. The Bertz CT molecular complexity index is 1100. The van der Waals surface area contributed by atoms with E-state index in [0.717, 1.165) is 16.7 Å². The van der Waals surface area contributed by atoms with Gasteiger partial charge in [0.1, 0.15) is 18.1 Å². The van der Waals surface area contributed by atoms with Gasteiger partial charge in [-0.05, 0) is 52.7 Å². The summed E-state index contributed by atoms with van der Waals surface area (Å²) in [5, 5.41) is 6.19. The first-order valence-corrected chi connectivity index (χ1v) is 8.85. The minimum Gasteiger partial charge on any atom is -0.489 e. The summed E-state index contributed by atoms with van der Waals surface area (Å²) in [7, 11) is 0. The van der Waals surface area contributed by atoms with Crippen molar-refractivity contribution in [3.8, 4) is 5.75 Å². The highest BCUT2D eigenvalue weighted by atomic mass is 16.5. The number of hydrazone groups is 1. The lowest BCUT2D eigenvalue weighted by molar-refractivity contribution is 0.0955. The minimum absolute atomic E-state index is 0.287. The van der Waals surface area contributed by atoms with Gasteiger partial charge in [0.15, 0.2) is 0 Å². The lowest BCUT2D eigenvalue weighted by Crippen LogP contribution is -2.17. The van der Waals surface area contributed by atoms with Crippen molar-refractivity contribution >= 4 is 22.9 Å². The minimum atomic E-state index is -0.287. The summed E-state index contributed by atoms with van der Waals surface area (Å²) >= 11 is 0. The molecule has 0 bridgehead atoms. The number of amides is 1. The zero-order valence-corrected chi connectivity index (χ0v) is 15.0. The lowest BCUT2D eigenvalue weighted by atomic mass is 10.1. The smallest absolute Gasteiger partial charge is 0.271 e. The highest BCUT2D eigenvalue weighted by molar-refractivity contribution is 5.94. The lowest BCUT2D eigenvalue weighted by Gasteiger charge is -2.08. The number of fused-ring (bicyclic) bond motifs is 1. The van der Waals surface area contributed by atoms with Crippen molar-refractivity contribution in [2.24, 2.45) is 5.10 Å². The fourth-order valence-electron chi connectivity index (χ4n) is 2.76. The van der Waals surface area contributed by atoms with Crippen molar-refractivity contribution < 1.29 is 13.9 Å². The van der Waals surface area contributed by atoms with Crippen molar-refractivity contribution in [2.45, 2.75) is 6.61 Å². The van der Waals surface area contributed by atoms with Crippen LogP contribution in [0.15, 0.2) is 94.6 Å². The van der Waals surface area contributed by atoms with E-state index in [1.807, 2.05) is 42.5 Å². The van der Waals surface area contributed by atoms with Gasteiger partial charge in [-0.25, -0.2) is 5.43 Å². The molecule has 0 aliphatic carbocycles. The van der Waals surface area contributed by atoms with Crippen molar-refractivity contribution in [3.05, 3.63) is 102 Å². The molecule has 4 rings (SSSR count). The number of carbonyl (C=O) groups is 1. The summed E-state index contributed by atoms with van der Waals surface area (Å²) in [6.45, 7) is 0.427. The maximum absolute atomic E-state index is 12.1. The van der Waals surface area contributed by atoms with Crippen molar-refractivity contribution in [2.75, 3.05) is 0 Å². The summed E-state index contributed by atoms with van der Waals surface area (Å²) in [6.07, 6.45) is 2.99. The second kappa shape index (κ2) is 8.22. The molecule has 1 heterocycles. The fraction of sp³-hybridized carbons (Fsp3) is 0.0435. The van der Waals surface area contributed by atoms with Crippen LogP contribution in [0.25, 0.3) is 10.8 Å². The van der Waals surface area contributed by atoms with Crippen molar-refractivity contribution in [1.82, 2.24) is 5.43 Å². The zero-order chi connectivity index (χ0) is 19.2. The maximum Gasteiger partial charge on any atom is 0.271 e. The molecule has 0 spiro atoms. The molecule has 5 nitrogen and oxygen atoms in total. The van der Waals surface area contributed by atoms with Crippen LogP contribution in [0.1, 0.15) is 21.7 Å². The van der Waals surface area contributed by atoms with E-state index in [2.05, 4.69) is 22.7 Å². The molecule has 0 unspecified atom stereocenters. The number of ether oxygens (including phenoxy) is 1. The largest absolute Gasteiger partial charge is 0.489 e. The number of furan rings is 1. The SMILES string of the molecule is O=C(N/N=C\c1ccco1)c1ccc(COc2ccc3ccccc3c2)cc1. The molecule has 4 aromatic rings. The number of carbonyl (C=O) groups excluding carboxylic acids is 1. The molecule has 138 valence electrons. The van der Waals surface area contributed by atoms with Crippen LogP contribution in [0, 0.1) is 0 Å². The average molecular weight is 370 g/mol. The Kier molecular flexibility index (Phi) is 5.15. The second-order valence-corrected chi connectivity index (χ2v) is 6.21. The Morgan fingerprint density at radius 3 is 2.57 bits per heavy atom. The maximum atomic E-state index is 12.1. The zero-order valence-electron chi connectivity index (χ0n) is 15.0. The Morgan fingerprint density at radius 1 is 0.964 bits per heavy atom. The van der Waals surface area contributed by atoms with Gasteiger partial charge in [-0.15, -0.1) is 0 Å². The standard InChI is InChI=1S/C23H18N2O3/c26-23(25-24-15-22-6-3-13-27-22)19-9-7-17(8-10-19)16-28-21-12-11-18-4-1-2-5-20(18)14-21/h1-15H,16H2,(H,25,26)/b24-15-. The van der Waals surface area contributed by atoms with Crippen LogP contribution in [0.5, 0.6) is 5.75 Å². The monoisotopic (exact) mass is 370 g/mol. The molecule has 5 heteroatoms. The van der Waals surface area contributed by atoms with Crippen LogP contribution < -0.4 is 10.2 Å². The molecule has 0 aliphatic rings. The van der Waals surface area contributed by atoms with E-state index in [1.165, 1.54) is 11.6 Å². The number of rotatable bonds is 6. The van der Waals surface area contributed by atoms with Crippen LogP contribution in [-0.2, 0) is 6.61 Å². The van der Waals surface area contributed by atoms with E-state index in [4.69, 9.17) is 9.15 Å². The normalized spacial score (nSPS) is 11.0. The first kappa shape index (κ1) is 17.5. The molecular formula is C23H18N2O3. The Labute approximate surface area is 162 Å².